The van der Waals surface area contributed by atoms with Crippen molar-refractivity contribution in [1.29, 1.82) is 0 Å². The lowest BCUT2D eigenvalue weighted by molar-refractivity contribution is 0.0948. The number of carbonyl (C=O) groups is 1. The van der Waals surface area contributed by atoms with Gasteiger partial charge in [0.1, 0.15) is 11.5 Å². The van der Waals surface area contributed by atoms with Gasteiger partial charge < -0.3 is 24.4 Å². The molecule has 7 heteroatoms. The fourth-order valence-corrected chi connectivity index (χ4v) is 1.49. The van der Waals surface area contributed by atoms with E-state index in [1.807, 2.05) is 0 Å². The van der Waals surface area contributed by atoms with Gasteiger partial charge in [0.15, 0.2) is 0 Å². The Balaban J connectivity index is 1.92. The summed E-state index contributed by atoms with van der Waals surface area (Å²) in [6.45, 7) is 0.305. The van der Waals surface area contributed by atoms with Gasteiger partial charge in [-0.3, -0.25) is 4.79 Å². The van der Waals surface area contributed by atoms with Gasteiger partial charge in [-0.05, 0) is 36.4 Å². The zero-order chi connectivity index (χ0) is 13.7. The monoisotopic (exact) mass is 261 g/mol. The Morgan fingerprint density at radius 2 is 2.00 bits per heavy atom. The predicted molar refractivity (Wildman–Crippen MR) is 67.1 cm³/mol. The van der Waals surface area contributed by atoms with Crippen molar-refractivity contribution in [3.05, 3.63) is 54.0 Å². The van der Waals surface area contributed by atoms with E-state index in [0.717, 1.165) is 0 Å². The minimum atomic E-state index is -1.88. The van der Waals surface area contributed by atoms with E-state index in [2.05, 4.69) is 9.97 Å². The topological polar surface area (TPSA) is 91.9 Å². The van der Waals surface area contributed by atoms with Crippen LogP contribution >= 0.6 is 0 Å². The number of hydrogen-bond donors (Lipinski definition) is 3. The Kier molecular flexibility index (Phi) is 4.22. The second-order valence-electron chi connectivity index (χ2n) is 3.73. The summed E-state index contributed by atoms with van der Waals surface area (Å²) in [5, 5.41) is 19.9. The highest BCUT2D eigenvalue weighted by Gasteiger charge is 2.12. The van der Waals surface area contributed by atoms with E-state index in [9.17, 15) is 4.79 Å². The van der Waals surface area contributed by atoms with Crippen molar-refractivity contribution >= 4 is 13.2 Å². The number of rotatable bonds is 5. The van der Waals surface area contributed by atoms with Crippen LogP contribution in [-0.2, 0) is 6.54 Å². The van der Waals surface area contributed by atoms with Gasteiger partial charge in [-0.1, -0.05) is 0 Å². The lowest BCUT2D eigenvalue weighted by Gasteiger charge is -2.06. The highest BCUT2D eigenvalue weighted by Crippen LogP contribution is 2.12. The molecule has 0 aliphatic carbocycles. The minimum Gasteiger partial charge on any atom is -0.512 e. The third-order valence-electron chi connectivity index (χ3n) is 2.36. The normalized spacial score (nSPS) is 10.0. The third kappa shape index (κ3) is 3.87. The first-order valence-electron chi connectivity index (χ1n) is 5.58. The van der Waals surface area contributed by atoms with E-state index in [-0.39, 0.29) is 11.7 Å². The van der Waals surface area contributed by atoms with Crippen LogP contribution in [0.5, 0.6) is 5.75 Å². The van der Waals surface area contributed by atoms with Gasteiger partial charge in [-0.25, -0.2) is 0 Å². The van der Waals surface area contributed by atoms with Crippen LogP contribution < -0.4 is 9.97 Å². The Hall–Kier alpha value is -2.25. The molecular formula is C12H12BNO5. The van der Waals surface area contributed by atoms with Crippen LogP contribution in [0.25, 0.3) is 0 Å². The summed E-state index contributed by atoms with van der Waals surface area (Å²) in [6.07, 6.45) is 1.54. The fourth-order valence-electron chi connectivity index (χ4n) is 1.49. The quantitative estimate of drug-likeness (QED) is 0.684. The van der Waals surface area contributed by atoms with Gasteiger partial charge in [0.05, 0.1) is 12.8 Å². The molecule has 0 fully saturated rings. The van der Waals surface area contributed by atoms with E-state index in [1.165, 1.54) is 30.5 Å². The second kappa shape index (κ2) is 6.08. The summed E-state index contributed by atoms with van der Waals surface area (Å²) < 4.78 is 9.72. The molecule has 2 rings (SSSR count). The first-order chi connectivity index (χ1) is 9.15. The standard InChI is InChI=1S/C12H12BNO5/c15-12(14-8-11-2-1-7-18-11)9-3-5-10(6-4-9)19-13(16)17/h1-7,16-17H,8H2,(H,14,15). The molecule has 19 heavy (non-hydrogen) atoms. The summed E-state index contributed by atoms with van der Waals surface area (Å²) in [5.41, 5.74) is 0.436. The van der Waals surface area contributed by atoms with Gasteiger partial charge in [-0.15, -0.1) is 0 Å². The van der Waals surface area contributed by atoms with Crippen molar-refractivity contribution < 1.29 is 23.9 Å². The van der Waals surface area contributed by atoms with Crippen molar-refractivity contribution in [2.75, 3.05) is 0 Å². The van der Waals surface area contributed by atoms with E-state index in [1.54, 1.807) is 12.1 Å². The summed E-state index contributed by atoms with van der Waals surface area (Å²) >= 11 is 0. The Morgan fingerprint density at radius 1 is 1.26 bits per heavy atom. The van der Waals surface area contributed by atoms with Gasteiger partial charge in [0, 0.05) is 5.56 Å². The highest BCUT2D eigenvalue weighted by molar-refractivity contribution is 6.33. The average Bonchev–Trinajstić information content (AvgIpc) is 2.89. The molecule has 98 valence electrons. The maximum atomic E-state index is 11.8. The molecule has 0 bridgehead atoms. The first kappa shape index (κ1) is 13.2. The average molecular weight is 261 g/mol. The van der Waals surface area contributed by atoms with Crippen molar-refractivity contribution in [2.24, 2.45) is 0 Å². The van der Waals surface area contributed by atoms with Gasteiger partial charge in [-0.2, -0.15) is 0 Å². The molecule has 1 heterocycles. The van der Waals surface area contributed by atoms with Crippen molar-refractivity contribution in [3.63, 3.8) is 0 Å². The van der Waals surface area contributed by atoms with Crippen molar-refractivity contribution in [3.8, 4) is 5.75 Å². The third-order valence-corrected chi connectivity index (χ3v) is 2.36. The Labute approximate surface area is 109 Å². The molecule has 3 N–H and O–H groups in total. The number of benzene rings is 1. The molecule has 0 aliphatic heterocycles. The van der Waals surface area contributed by atoms with Crippen LogP contribution in [0.4, 0.5) is 0 Å². The van der Waals surface area contributed by atoms with Gasteiger partial charge in [0.2, 0.25) is 0 Å². The summed E-state index contributed by atoms with van der Waals surface area (Å²) in [7, 11) is -1.88. The minimum absolute atomic E-state index is 0.257. The van der Waals surface area contributed by atoms with E-state index < -0.39 is 7.32 Å². The van der Waals surface area contributed by atoms with Crippen LogP contribution in [0.3, 0.4) is 0 Å². The number of furan rings is 1. The Bertz CT molecular complexity index is 524. The molecule has 1 amide bonds. The molecule has 0 saturated heterocycles. The van der Waals surface area contributed by atoms with Crippen LogP contribution in [0.1, 0.15) is 16.1 Å². The number of amides is 1. The lowest BCUT2D eigenvalue weighted by atomic mass is 10.2. The maximum absolute atomic E-state index is 11.8. The van der Waals surface area contributed by atoms with Gasteiger partial charge in [0.25, 0.3) is 5.91 Å². The van der Waals surface area contributed by atoms with E-state index in [0.29, 0.717) is 17.9 Å². The molecule has 2 aromatic rings. The van der Waals surface area contributed by atoms with E-state index >= 15 is 0 Å². The summed E-state index contributed by atoms with van der Waals surface area (Å²) in [4.78, 5) is 11.8. The van der Waals surface area contributed by atoms with Crippen molar-refractivity contribution in [2.45, 2.75) is 6.54 Å². The molecule has 1 aromatic heterocycles. The fraction of sp³-hybridized carbons (Fsp3) is 0.0833. The van der Waals surface area contributed by atoms with Crippen molar-refractivity contribution in [1.82, 2.24) is 5.32 Å². The van der Waals surface area contributed by atoms with Crippen LogP contribution in [0, 0.1) is 0 Å². The van der Waals surface area contributed by atoms with Crippen LogP contribution in [0.15, 0.2) is 47.1 Å². The molecule has 0 spiro atoms. The molecule has 1 aromatic carbocycles. The summed E-state index contributed by atoms with van der Waals surface area (Å²) in [5.74, 6) is 0.668. The number of hydrogen-bond acceptors (Lipinski definition) is 5. The zero-order valence-electron chi connectivity index (χ0n) is 9.95. The zero-order valence-corrected chi connectivity index (χ0v) is 9.95. The smallest absolute Gasteiger partial charge is 0.512 e. The highest BCUT2D eigenvalue weighted by atomic mass is 16.6. The maximum Gasteiger partial charge on any atom is 0.707 e. The molecular weight excluding hydrogens is 249 g/mol. The number of carbonyl (C=O) groups excluding carboxylic acids is 1. The molecule has 0 atom stereocenters. The first-order valence-corrected chi connectivity index (χ1v) is 5.58. The van der Waals surface area contributed by atoms with E-state index in [4.69, 9.17) is 14.5 Å². The number of nitrogens with one attached hydrogen (secondary N) is 1. The molecule has 0 aliphatic rings. The lowest BCUT2D eigenvalue weighted by Crippen LogP contribution is -2.23. The largest absolute Gasteiger partial charge is 0.707 e. The second-order valence-corrected chi connectivity index (χ2v) is 3.73. The molecule has 0 unspecified atom stereocenters. The Morgan fingerprint density at radius 3 is 2.58 bits per heavy atom. The van der Waals surface area contributed by atoms with Crippen LogP contribution in [0.2, 0.25) is 0 Å². The van der Waals surface area contributed by atoms with Crippen LogP contribution in [-0.4, -0.2) is 23.3 Å². The molecule has 0 saturated carbocycles. The summed E-state index contributed by atoms with van der Waals surface area (Å²) in [6, 6.07) is 9.50. The molecule has 0 radical (unpaired) electrons. The SMILES string of the molecule is O=C(NCc1ccco1)c1ccc(OB(O)O)cc1. The molecule has 6 nitrogen and oxygen atoms in total. The predicted octanol–water partition coefficient (Wildman–Crippen LogP) is 0.558. The van der Waals surface area contributed by atoms with Gasteiger partial charge >= 0.3 is 7.32 Å².